The Labute approximate surface area is 164 Å². The van der Waals surface area contributed by atoms with Crippen LogP contribution >= 0.6 is 0 Å². The molecule has 2 amide bonds. The molecule has 0 radical (unpaired) electrons. The summed E-state index contributed by atoms with van der Waals surface area (Å²) in [6, 6.07) is 5.48. The highest BCUT2D eigenvalue weighted by atomic mass is 19.1. The lowest BCUT2D eigenvalue weighted by molar-refractivity contribution is -0.139. The highest BCUT2D eigenvalue weighted by Crippen LogP contribution is 2.26. The lowest BCUT2D eigenvalue weighted by Gasteiger charge is -2.38. The molecule has 1 aromatic carbocycles. The van der Waals surface area contributed by atoms with Gasteiger partial charge in [0.25, 0.3) is 5.91 Å². The molecule has 0 spiro atoms. The van der Waals surface area contributed by atoms with Gasteiger partial charge >= 0.3 is 5.97 Å². The third-order valence-corrected chi connectivity index (χ3v) is 5.75. The number of rotatable bonds is 5. The number of amides is 2. The van der Waals surface area contributed by atoms with E-state index in [0.29, 0.717) is 38.2 Å². The molecule has 6 nitrogen and oxygen atoms in total. The minimum Gasteiger partial charge on any atom is -0.481 e. The van der Waals surface area contributed by atoms with E-state index in [1.54, 1.807) is 4.90 Å². The number of carbonyl (C=O) groups is 3. The fourth-order valence-corrected chi connectivity index (χ4v) is 4.22. The summed E-state index contributed by atoms with van der Waals surface area (Å²) in [5.74, 6) is -1.28. The fraction of sp³-hybridized carbons (Fsp3) is 0.571. The molecule has 0 aromatic heterocycles. The number of halogens is 1. The van der Waals surface area contributed by atoms with Crippen LogP contribution in [0, 0.1) is 17.7 Å². The molecule has 7 heteroatoms. The number of nitrogens with zero attached hydrogens (tertiary/aromatic N) is 2. The first-order chi connectivity index (χ1) is 13.4. The van der Waals surface area contributed by atoms with Crippen LogP contribution in [0.4, 0.5) is 4.39 Å². The molecule has 0 aliphatic carbocycles. The van der Waals surface area contributed by atoms with E-state index in [-0.39, 0.29) is 35.9 Å². The number of carboxylic acids is 1. The lowest BCUT2D eigenvalue weighted by Crippen LogP contribution is -2.49. The third kappa shape index (κ3) is 5.09. The Hall–Kier alpha value is -2.44. The summed E-state index contributed by atoms with van der Waals surface area (Å²) in [6.07, 6.45) is 4.09. The minimum absolute atomic E-state index is 0.0663. The van der Waals surface area contributed by atoms with Gasteiger partial charge in [0.1, 0.15) is 5.82 Å². The van der Waals surface area contributed by atoms with Crippen LogP contribution in [0.25, 0.3) is 0 Å². The van der Waals surface area contributed by atoms with Crippen molar-refractivity contribution >= 4 is 17.8 Å². The maximum atomic E-state index is 13.1. The second-order valence-corrected chi connectivity index (χ2v) is 7.82. The van der Waals surface area contributed by atoms with E-state index in [4.69, 9.17) is 5.11 Å². The Morgan fingerprint density at radius 1 is 1.00 bits per heavy atom. The van der Waals surface area contributed by atoms with Crippen LogP contribution < -0.4 is 0 Å². The minimum atomic E-state index is -0.800. The molecule has 0 unspecified atom stereocenters. The lowest BCUT2D eigenvalue weighted by atomic mass is 9.90. The normalized spacial score (nSPS) is 22.8. The summed E-state index contributed by atoms with van der Waals surface area (Å²) < 4.78 is 13.1. The first-order valence-corrected chi connectivity index (χ1v) is 9.99. The van der Waals surface area contributed by atoms with Crippen molar-refractivity contribution < 1.29 is 23.9 Å². The van der Waals surface area contributed by atoms with E-state index in [2.05, 4.69) is 0 Å². The Morgan fingerprint density at radius 2 is 1.68 bits per heavy atom. The molecule has 2 aliphatic rings. The zero-order chi connectivity index (χ0) is 20.1. The second-order valence-electron chi connectivity index (χ2n) is 7.82. The molecule has 1 aromatic rings. The molecular formula is C21H27FN2O4. The van der Waals surface area contributed by atoms with Crippen molar-refractivity contribution in [1.82, 2.24) is 9.80 Å². The van der Waals surface area contributed by atoms with Crippen molar-refractivity contribution in [3.8, 4) is 0 Å². The average molecular weight is 390 g/mol. The Morgan fingerprint density at radius 3 is 2.39 bits per heavy atom. The summed E-state index contributed by atoms with van der Waals surface area (Å²) in [7, 11) is 0. The molecular weight excluding hydrogens is 363 g/mol. The summed E-state index contributed by atoms with van der Waals surface area (Å²) >= 11 is 0. The van der Waals surface area contributed by atoms with Gasteiger partial charge in [-0.3, -0.25) is 14.4 Å². The average Bonchev–Trinajstić information content (AvgIpc) is 2.72. The SMILES string of the molecule is O=C(O)CC[C@@H]1CCCN(C(=O)[C@H]2CCCN(C(=O)c3ccc(F)cc3)C2)C1. The van der Waals surface area contributed by atoms with Gasteiger partial charge in [-0.25, -0.2) is 4.39 Å². The standard InChI is InChI=1S/C21H27FN2O4/c22-18-8-6-16(7-9-18)20(27)24-12-2-4-17(14-24)21(28)23-11-1-3-15(13-23)5-10-19(25)26/h6-9,15,17H,1-5,10-14H2,(H,25,26)/t15-,17-/m0/s1. The molecule has 0 bridgehead atoms. The van der Waals surface area contributed by atoms with E-state index in [9.17, 15) is 18.8 Å². The van der Waals surface area contributed by atoms with E-state index in [1.165, 1.54) is 24.3 Å². The van der Waals surface area contributed by atoms with Crippen molar-refractivity contribution in [3.05, 3.63) is 35.6 Å². The summed E-state index contributed by atoms with van der Waals surface area (Å²) in [5, 5.41) is 8.87. The quantitative estimate of drug-likeness (QED) is 0.839. The summed E-state index contributed by atoms with van der Waals surface area (Å²) in [6.45, 7) is 2.28. The number of aliphatic carboxylic acids is 1. The highest BCUT2D eigenvalue weighted by molar-refractivity contribution is 5.94. The first-order valence-electron chi connectivity index (χ1n) is 9.99. The summed E-state index contributed by atoms with van der Waals surface area (Å²) in [5.41, 5.74) is 0.432. The number of carboxylic acid groups (broad SMARTS) is 1. The molecule has 2 saturated heterocycles. The predicted molar refractivity (Wildman–Crippen MR) is 101 cm³/mol. The maximum Gasteiger partial charge on any atom is 0.303 e. The number of likely N-dealkylation sites (tertiary alicyclic amines) is 2. The van der Waals surface area contributed by atoms with Gasteiger partial charge in [0, 0.05) is 38.2 Å². The van der Waals surface area contributed by atoms with Crippen LogP contribution in [0.3, 0.4) is 0 Å². The van der Waals surface area contributed by atoms with Crippen molar-refractivity contribution in [2.45, 2.75) is 38.5 Å². The van der Waals surface area contributed by atoms with E-state index in [0.717, 1.165) is 25.7 Å². The van der Waals surface area contributed by atoms with Crippen LogP contribution in [0.5, 0.6) is 0 Å². The molecule has 0 saturated carbocycles. The smallest absolute Gasteiger partial charge is 0.303 e. The Bertz CT molecular complexity index is 722. The number of carbonyl (C=O) groups excluding carboxylic acids is 2. The van der Waals surface area contributed by atoms with Gasteiger partial charge in [-0.15, -0.1) is 0 Å². The molecule has 2 aliphatic heterocycles. The van der Waals surface area contributed by atoms with Crippen molar-refractivity contribution in [2.75, 3.05) is 26.2 Å². The maximum absolute atomic E-state index is 13.1. The van der Waals surface area contributed by atoms with Gasteiger partial charge in [0.2, 0.25) is 5.91 Å². The number of hydrogen-bond acceptors (Lipinski definition) is 3. The van der Waals surface area contributed by atoms with Crippen LogP contribution in [-0.4, -0.2) is 58.9 Å². The zero-order valence-electron chi connectivity index (χ0n) is 16.0. The largest absolute Gasteiger partial charge is 0.481 e. The Kier molecular flexibility index (Phi) is 6.65. The van der Waals surface area contributed by atoms with E-state index in [1.807, 2.05) is 4.90 Å². The van der Waals surface area contributed by atoms with Crippen LogP contribution in [0.2, 0.25) is 0 Å². The van der Waals surface area contributed by atoms with Crippen molar-refractivity contribution in [1.29, 1.82) is 0 Å². The van der Waals surface area contributed by atoms with Crippen molar-refractivity contribution in [3.63, 3.8) is 0 Å². The molecule has 2 atom stereocenters. The van der Waals surface area contributed by atoms with E-state index < -0.39 is 5.97 Å². The number of hydrogen-bond donors (Lipinski definition) is 1. The van der Waals surface area contributed by atoms with Gasteiger partial charge in [0.05, 0.1) is 5.92 Å². The fourth-order valence-electron chi connectivity index (χ4n) is 4.22. The van der Waals surface area contributed by atoms with Crippen molar-refractivity contribution in [2.24, 2.45) is 11.8 Å². The predicted octanol–water partition coefficient (Wildman–Crippen LogP) is 2.78. The van der Waals surface area contributed by atoms with Crippen LogP contribution in [0.15, 0.2) is 24.3 Å². The van der Waals surface area contributed by atoms with Gasteiger partial charge in [0.15, 0.2) is 0 Å². The molecule has 2 fully saturated rings. The molecule has 28 heavy (non-hydrogen) atoms. The van der Waals surface area contributed by atoms with Crippen LogP contribution in [0.1, 0.15) is 48.9 Å². The summed E-state index contributed by atoms with van der Waals surface area (Å²) in [4.78, 5) is 40.0. The molecule has 3 rings (SSSR count). The van der Waals surface area contributed by atoms with Crippen LogP contribution in [-0.2, 0) is 9.59 Å². The number of benzene rings is 1. The van der Waals surface area contributed by atoms with Gasteiger partial charge < -0.3 is 14.9 Å². The highest BCUT2D eigenvalue weighted by Gasteiger charge is 2.33. The number of piperidine rings is 2. The topological polar surface area (TPSA) is 77.9 Å². The second kappa shape index (κ2) is 9.17. The molecule has 1 N–H and O–H groups in total. The van der Waals surface area contributed by atoms with Gasteiger partial charge in [-0.05, 0) is 62.3 Å². The first kappa shape index (κ1) is 20.3. The monoisotopic (exact) mass is 390 g/mol. The third-order valence-electron chi connectivity index (χ3n) is 5.75. The Balaban J connectivity index is 1.58. The van der Waals surface area contributed by atoms with Gasteiger partial charge in [-0.2, -0.15) is 0 Å². The molecule has 2 heterocycles. The van der Waals surface area contributed by atoms with E-state index >= 15 is 0 Å². The molecule has 152 valence electrons. The van der Waals surface area contributed by atoms with Gasteiger partial charge in [-0.1, -0.05) is 0 Å². The zero-order valence-corrected chi connectivity index (χ0v) is 16.0.